The number of nitrogens with zero attached hydrogens (tertiary/aromatic N) is 1. The number of carbonyl (C=O) groups excluding carboxylic acids is 3. The van der Waals surface area contributed by atoms with E-state index in [0.717, 1.165) is 17.7 Å². The summed E-state index contributed by atoms with van der Waals surface area (Å²) in [4.78, 5) is 42.5. The lowest BCUT2D eigenvalue weighted by molar-refractivity contribution is -0.150. The maximum Gasteiger partial charge on any atom is 0.247 e. The number of hydrogen-bond acceptors (Lipinski definition) is 6. The van der Waals surface area contributed by atoms with E-state index in [1.807, 2.05) is 26.0 Å². The van der Waals surface area contributed by atoms with Gasteiger partial charge >= 0.3 is 0 Å². The molecular weight excluding hydrogens is 440 g/mol. The van der Waals surface area contributed by atoms with Gasteiger partial charge in [-0.15, -0.1) is 11.8 Å². The highest BCUT2D eigenvalue weighted by Crippen LogP contribution is 2.43. The molecule has 0 aromatic heterocycles. The summed E-state index contributed by atoms with van der Waals surface area (Å²) in [6, 6.07) is 6.26. The molecule has 4 rings (SSSR count). The largest absolute Gasteiger partial charge is 0.358 e. The van der Waals surface area contributed by atoms with E-state index in [2.05, 4.69) is 28.1 Å². The lowest BCUT2D eigenvalue weighted by Crippen LogP contribution is -2.58. The molecule has 3 aliphatic heterocycles. The van der Waals surface area contributed by atoms with Crippen molar-refractivity contribution in [2.75, 3.05) is 19.4 Å². The van der Waals surface area contributed by atoms with Crippen LogP contribution in [0.5, 0.6) is 0 Å². The normalized spacial score (nSPS) is 29.5. The molecule has 2 saturated heterocycles. The molecule has 0 bridgehead atoms. The van der Waals surface area contributed by atoms with Crippen molar-refractivity contribution >= 4 is 29.5 Å². The first-order valence-corrected chi connectivity index (χ1v) is 12.6. The Morgan fingerprint density at radius 1 is 1.18 bits per heavy atom. The molecule has 9 heteroatoms. The number of rotatable bonds is 5. The smallest absolute Gasteiger partial charge is 0.247 e. The van der Waals surface area contributed by atoms with Crippen LogP contribution in [0.15, 0.2) is 29.2 Å². The Morgan fingerprint density at radius 3 is 2.70 bits per heavy atom. The Balaban J connectivity index is 1.56. The zero-order chi connectivity index (χ0) is 23.8. The average molecular weight is 475 g/mol. The lowest BCUT2D eigenvalue weighted by atomic mass is 9.83. The number of ether oxygens (including phenoxy) is 1. The molecule has 0 radical (unpaired) electrons. The third-order valence-corrected chi connectivity index (χ3v) is 8.09. The molecular formula is C24H34N4O4S. The van der Waals surface area contributed by atoms with Gasteiger partial charge in [0, 0.05) is 17.1 Å². The van der Waals surface area contributed by atoms with E-state index < -0.39 is 29.8 Å². The maximum absolute atomic E-state index is 13.7. The topological polar surface area (TPSA) is 99.8 Å². The van der Waals surface area contributed by atoms with Gasteiger partial charge in [-0.3, -0.25) is 14.4 Å². The van der Waals surface area contributed by atoms with E-state index >= 15 is 0 Å². The minimum absolute atomic E-state index is 0.0835. The van der Waals surface area contributed by atoms with Crippen LogP contribution in [0.25, 0.3) is 0 Å². The second-order valence-electron chi connectivity index (χ2n) is 9.76. The summed E-state index contributed by atoms with van der Waals surface area (Å²) < 4.78 is 6.01. The van der Waals surface area contributed by atoms with Crippen molar-refractivity contribution in [3.63, 3.8) is 0 Å². The van der Waals surface area contributed by atoms with Crippen molar-refractivity contribution in [3.05, 3.63) is 29.8 Å². The molecule has 0 saturated carbocycles. The van der Waals surface area contributed by atoms with Crippen LogP contribution in [0.3, 0.4) is 0 Å². The number of thioether (sulfide) groups is 1. The summed E-state index contributed by atoms with van der Waals surface area (Å²) in [5, 5.41) is 8.97. The van der Waals surface area contributed by atoms with Crippen LogP contribution in [0.1, 0.15) is 51.6 Å². The number of benzene rings is 1. The van der Waals surface area contributed by atoms with Crippen LogP contribution in [-0.2, 0) is 19.1 Å². The number of likely N-dealkylation sites (N-methyl/N-ethyl adjacent to an activating group) is 1. The first kappa shape index (κ1) is 24.0. The summed E-state index contributed by atoms with van der Waals surface area (Å²) in [6.07, 6.45) is 1.33. The molecule has 1 aromatic carbocycles. The number of hydrogen-bond donors (Lipinski definition) is 3. The van der Waals surface area contributed by atoms with Gasteiger partial charge in [0.15, 0.2) is 0 Å². The van der Waals surface area contributed by atoms with Crippen molar-refractivity contribution in [2.45, 2.75) is 75.3 Å². The number of fused-ring (bicyclic) bond motifs is 2. The van der Waals surface area contributed by atoms with E-state index in [1.165, 1.54) is 4.90 Å². The number of amides is 3. The van der Waals surface area contributed by atoms with E-state index in [1.54, 1.807) is 30.6 Å². The summed E-state index contributed by atoms with van der Waals surface area (Å²) in [5.74, 6) is 0.272. The highest BCUT2D eigenvalue weighted by molar-refractivity contribution is 7.99. The third-order valence-electron chi connectivity index (χ3n) is 6.96. The molecule has 0 spiro atoms. The third kappa shape index (κ3) is 4.76. The monoisotopic (exact) mass is 474 g/mol. The molecule has 3 aliphatic rings. The van der Waals surface area contributed by atoms with E-state index in [4.69, 9.17) is 4.74 Å². The van der Waals surface area contributed by atoms with Crippen molar-refractivity contribution in [1.82, 2.24) is 20.9 Å². The van der Waals surface area contributed by atoms with Gasteiger partial charge in [-0.25, -0.2) is 0 Å². The lowest BCUT2D eigenvalue weighted by Gasteiger charge is -2.35. The number of carbonyl (C=O) groups is 3. The average Bonchev–Trinajstić information content (AvgIpc) is 2.99. The minimum Gasteiger partial charge on any atom is -0.358 e. The van der Waals surface area contributed by atoms with Crippen molar-refractivity contribution < 1.29 is 19.1 Å². The predicted octanol–water partition coefficient (Wildman–Crippen LogP) is 1.81. The SMILES string of the molecule is CNC(C)C(=O)N[C@H]1CCO[C@H]2CC(C)(C)[C@@H](C(=O)N[C@@H]3CCSc4ccccc43)N2C1=O. The van der Waals surface area contributed by atoms with Crippen molar-refractivity contribution in [3.8, 4) is 0 Å². The zero-order valence-electron chi connectivity index (χ0n) is 19.7. The molecule has 1 aromatic rings. The van der Waals surface area contributed by atoms with Gasteiger partial charge in [-0.2, -0.15) is 0 Å². The van der Waals surface area contributed by atoms with Gasteiger partial charge in [0.05, 0.1) is 18.7 Å². The molecule has 180 valence electrons. The molecule has 1 unspecified atom stereocenters. The predicted molar refractivity (Wildman–Crippen MR) is 127 cm³/mol. The van der Waals surface area contributed by atoms with Gasteiger partial charge < -0.3 is 25.6 Å². The summed E-state index contributed by atoms with van der Waals surface area (Å²) >= 11 is 1.80. The molecule has 0 aliphatic carbocycles. The van der Waals surface area contributed by atoms with E-state index in [0.29, 0.717) is 19.4 Å². The molecule has 5 atom stereocenters. The van der Waals surface area contributed by atoms with Crippen LogP contribution in [0.4, 0.5) is 0 Å². The quantitative estimate of drug-likeness (QED) is 0.602. The number of nitrogens with one attached hydrogen (secondary N) is 3. The summed E-state index contributed by atoms with van der Waals surface area (Å²) in [7, 11) is 1.70. The first-order valence-electron chi connectivity index (χ1n) is 11.7. The molecule has 3 amide bonds. The molecule has 33 heavy (non-hydrogen) atoms. The van der Waals surface area contributed by atoms with Crippen LogP contribution in [0.2, 0.25) is 0 Å². The van der Waals surface area contributed by atoms with Crippen LogP contribution in [-0.4, -0.2) is 66.4 Å². The fraction of sp³-hybridized carbons (Fsp3) is 0.625. The maximum atomic E-state index is 13.7. The molecule has 2 fully saturated rings. The Bertz CT molecular complexity index is 923. The Kier molecular flexibility index (Phi) is 7.02. The van der Waals surface area contributed by atoms with Crippen LogP contribution >= 0.6 is 11.8 Å². The molecule has 8 nitrogen and oxygen atoms in total. The van der Waals surface area contributed by atoms with E-state index in [-0.39, 0.29) is 23.8 Å². The Morgan fingerprint density at radius 2 is 1.94 bits per heavy atom. The Hall–Kier alpha value is -2.10. The van der Waals surface area contributed by atoms with E-state index in [9.17, 15) is 14.4 Å². The molecule has 3 heterocycles. The fourth-order valence-corrected chi connectivity index (χ4v) is 6.15. The van der Waals surface area contributed by atoms with Crippen LogP contribution < -0.4 is 16.0 Å². The zero-order valence-corrected chi connectivity index (χ0v) is 20.5. The Labute approximate surface area is 199 Å². The highest BCUT2D eigenvalue weighted by atomic mass is 32.2. The van der Waals surface area contributed by atoms with Gasteiger partial charge in [0.1, 0.15) is 18.3 Å². The van der Waals surface area contributed by atoms with Gasteiger partial charge in [0.2, 0.25) is 17.7 Å². The minimum atomic E-state index is -0.714. The molecule has 3 N–H and O–H groups in total. The standard InChI is InChI=1S/C24H34N4O4S/c1-14(25-4)21(29)27-17-9-11-32-19-13-24(2,3)20(28(19)23(17)31)22(30)26-16-10-12-33-18-8-6-5-7-15(16)18/h5-8,14,16-17,19-20,25H,9-13H2,1-4H3,(H,26,30)(H,27,29)/t14?,16-,17+,19+,20-/m1/s1. The first-order chi connectivity index (χ1) is 15.7. The van der Waals surface area contributed by atoms with Crippen molar-refractivity contribution in [2.24, 2.45) is 5.41 Å². The van der Waals surface area contributed by atoms with Crippen LogP contribution in [0, 0.1) is 5.41 Å². The fourth-order valence-electron chi connectivity index (χ4n) is 5.02. The highest BCUT2D eigenvalue weighted by Gasteiger charge is 2.55. The van der Waals surface area contributed by atoms with Gasteiger partial charge in [-0.05, 0) is 43.9 Å². The summed E-state index contributed by atoms with van der Waals surface area (Å²) in [6.45, 7) is 6.10. The van der Waals surface area contributed by atoms with Gasteiger partial charge in [-0.1, -0.05) is 32.0 Å². The second-order valence-corrected chi connectivity index (χ2v) is 10.9. The van der Waals surface area contributed by atoms with Gasteiger partial charge in [0.25, 0.3) is 0 Å². The van der Waals surface area contributed by atoms with Crippen molar-refractivity contribution in [1.29, 1.82) is 0 Å². The summed E-state index contributed by atoms with van der Waals surface area (Å²) in [5.41, 5.74) is 0.663. The second kappa shape index (κ2) is 9.64.